The number of fused-ring (bicyclic) bond motifs is 1. The normalized spacial score (nSPS) is 18.8. The molecule has 1 aliphatic carbocycles. The molecule has 0 bridgehead atoms. The van der Waals surface area contributed by atoms with Gasteiger partial charge in [0.15, 0.2) is 0 Å². The molecule has 0 spiro atoms. The first-order chi connectivity index (χ1) is 11.9. The molecule has 0 heterocycles. The monoisotopic (exact) mass is 346 g/mol. The van der Waals surface area contributed by atoms with Crippen LogP contribution in [-0.4, -0.2) is 30.6 Å². The maximum atomic E-state index is 10.2. The average Bonchev–Trinajstić information content (AvgIpc) is 2.61. The van der Waals surface area contributed by atoms with Crippen molar-refractivity contribution in [1.29, 1.82) is 0 Å². The molecule has 1 unspecified atom stereocenters. The summed E-state index contributed by atoms with van der Waals surface area (Å²) in [6.07, 6.45) is 0.554. The van der Waals surface area contributed by atoms with Gasteiger partial charge in [-0.05, 0) is 41.3 Å². The quantitative estimate of drug-likeness (QED) is 0.479. The van der Waals surface area contributed by atoms with Gasteiger partial charge in [0.25, 0.3) is 0 Å². The van der Waals surface area contributed by atoms with Gasteiger partial charge < -0.3 is 30.6 Å². The first-order valence-corrected chi connectivity index (χ1v) is 8.07. The van der Waals surface area contributed by atoms with Crippen molar-refractivity contribution in [2.75, 3.05) is 0 Å². The Morgan fingerprint density at radius 2 is 1.32 bits per heavy atom. The lowest BCUT2D eigenvalue weighted by Gasteiger charge is -2.44. The van der Waals surface area contributed by atoms with Crippen molar-refractivity contribution in [3.63, 3.8) is 0 Å². The number of hydrogen-bond donors (Lipinski definition) is 6. The fourth-order valence-corrected chi connectivity index (χ4v) is 3.73. The topological polar surface area (TPSA) is 121 Å². The van der Waals surface area contributed by atoms with Gasteiger partial charge in [0.05, 0.1) is 26.4 Å². The molecule has 2 aromatic rings. The molecule has 6 heteroatoms. The number of aliphatic hydroxyl groups excluding tert-OH is 4. The van der Waals surface area contributed by atoms with Crippen molar-refractivity contribution in [3.8, 4) is 11.5 Å². The molecule has 0 amide bonds. The highest BCUT2D eigenvalue weighted by Crippen LogP contribution is 2.51. The number of benzene rings is 2. The molecule has 6 N–H and O–H groups in total. The molecule has 0 saturated carbocycles. The lowest BCUT2D eigenvalue weighted by atomic mass is 9.59. The Morgan fingerprint density at radius 1 is 0.800 bits per heavy atom. The van der Waals surface area contributed by atoms with Gasteiger partial charge in [-0.25, -0.2) is 0 Å². The summed E-state index contributed by atoms with van der Waals surface area (Å²) >= 11 is 0. The second-order valence-corrected chi connectivity index (χ2v) is 6.67. The van der Waals surface area contributed by atoms with Gasteiger partial charge in [-0.15, -0.1) is 0 Å². The maximum Gasteiger partial charge on any atom is 0.126 e. The molecule has 0 fully saturated rings. The molecule has 2 aromatic carbocycles. The van der Waals surface area contributed by atoms with Crippen LogP contribution in [0.3, 0.4) is 0 Å². The fraction of sp³-hybridized carbons (Fsp3) is 0.368. The zero-order valence-electron chi connectivity index (χ0n) is 14.0. The summed E-state index contributed by atoms with van der Waals surface area (Å²) in [5.74, 6) is -0.196. The highest BCUT2D eigenvalue weighted by Gasteiger charge is 2.43. The molecule has 0 aromatic heterocycles. The van der Waals surface area contributed by atoms with Crippen LogP contribution in [0.5, 0.6) is 11.5 Å². The largest absolute Gasteiger partial charge is 0.507 e. The number of rotatable bonds is 5. The minimum atomic E-state index is -0.474. The lowest BCUT2D eigenvalue weighted by Crippen LogP contribution is -2.38. The van der Waals surface area contributed by atoms with Gasteiger partial charge in [0.1, 0.15) is 11.5 Å². The third kappa shape index (κ3) is 2.49. The van der Waals surface area contributed by atoms with E-state index in [1.165, 1.54) is 0 Å². The van der Waals surface area contributed by atoms with Crippen molar-refractivity contribution in [1.82, 2.24) is 0 Å². The Balaban J connectivity index is 2.18. The Hall–Kier alpha value is -2.12. The minimum absolute atomic E-state index is 0.0800. The standard InChI is InChI=1S/C19H22O6/c1-19(13-2-10(6-20)17(24)11(3-13)7-21)5-14-15(9-23)18(25)12(8-22)4-16(14)19/h2-4,20-25H,5-9H2,1H3. The van der Waals surface area contributed by atoms with E-state index >= 15 is 0 Å². The molecule has 1 atom stereocenters. The van der Waals surface area contributed by atoms with Crippen molar-refractivity contribution >= 4 is 0 Å². The van der Waals surface area contributed by atoms with E-state index in [4.69, 9.17) is 0 Å². The Labute approximate surface area is 145 Å². The Bertz CT molecular complexity index is 804. The van der Waals surface area contributed by atoms with Gasteiger partial charge in [-0.2, -0.15) is 0 Å². The van der Waals surface area contributed by atoms with E-state index in [9.17, 15) is 30.6 Å². The Morgan fingerprint density at radius 3 is 1.80 bits per heavy atom. The van der Waals surface area contributed by atoms with E-state index in [1.54, 1.807) is 18.2 Å². The first-order valence-electron chi connectivity index (χ1n) is 8.07. The zero-order chi connectivity index (χ0) is 18.4. The molecule has 3 rings (SSSR count). The molecule has 0 saturated heterocycles. The SMILES string of the molecule is CC1(c2cc(CO)c(O)c(CO)c2)Cc2c1cc(CO)c(O)c2CO. The van der Waals surface area contributed by atoms with Crippen molar-refractivity contribution in [2.45, 2.75) is 45.2 Å². The maximum absolute atomic E-state index is 10.2. The predicted octanol–water partition coefficient (Wildman–Crippen LogP) is 0.929. The number of aromatic hydroxyl groups is 2. The van der Waals surface area contributed by atoms with E-state index in [0.717, 1.165) is 16.7 Å². The first kappa shape index (κ1) is 17.7. The molecule has 6 nitrogen and oxygen atoms in total. The number of phenols is 2. The van der Waals surface area contributed by atoms with Crippen LogP contribution in [0, 0.1) is 0 Å². The van der Waals surface area contributed by atoms with Crippen LogP contribution in [0.15, 0.2) is 18.2 Å². The molecule has 25 heavy (non-hydrogen) atoms. The average molecular weight is 346 g/mol. The number of aliphatic hydroxyl groups is 4. The van der Waals surface area contributed by atoms with Gasteiger partial charge >= 0.3 is 0 Å². The van der Waals surface area contributed by atoms with Gasteiger partial charge in [0.2, 0.25) is 0 Å². The van der Waals surface area contributed by atoms with E-state index in [2.05, 4.69) is 0 Å². The molecule has 0 aliphatic heterocycles. The molecular formula is C19H22O6. The van der Waals surface area contributed by atoms with Crippen LogP contribution in [0.2, 0.25) is 0 Å². The second kappa shape index (κ2) is 6.31. The van der Waals surface area contributed by atoms with Crippen LogP contribution in [0.4, 0.5) is 0 Å². The Kier molecular flexibility index (Phi) is 4.47. The fourth-order valence-electron chi connectivity index (χ4n) is 3.73. The van der Waals surface area contributed by atoms with Gasteiger partial charge in [-0.1, -0.05) is 6.92 Å². The van der Waals surface area contributed by atoms with Crippen LogP contribution in [0.25, 0.3) is 0 Å². The van der Waals surface area contributed by atoms with Crippen molar-refractivity contribution in [3.05, 3.63) is 57.1 Å². The zero-order valence-corrected chi connectivity index (χ0v) is 14.0. The third-order valence-corrected chi connectivity index (χ3v) is 5.30. The molecule has 1 aliphatic rings. The summed E-state index contributed by atoms with van der Waals surface area (Å²) in [4.78, 5) is 0. The van der Waals surface area contributed by atoms with Crippen molar-refractivity contribution < 1.29 is 30.6 Å². The number of hydrogen-bond acceptors (Lipinski definition) is 6. The highest BCUT2D eigenvalue weighted by atomic mass is 16.3. The minimum Gasteiger partial charge on any atom is -0.507 e. The van der Waals surface area contributed by atoms with Crippen LogP contribution in [0.1, 0.15) is 45.9 Å². The summed E-state index contributed by atoms with van der Waals surface area (Å²) in [6, 6.07) is 5.11. The smallest absolute Gasteiger partial charge is 0.126 e. The predicted molar refractivity (Wildman–Crippen MR) is 90.1 cm³/mol. The van der Waals surface area contributed by atoms with Gasteiger partial charge in [0, 0.05) is 27.7 Å². The van der Waals surface area contributed by atoms with Crippen molar-refractivity contribution in [2.24, 2.45) is 0 Å². The van der Waals surface area contributed by atoms with Crippen LogP contribution >= 0.6 is 0 Å². The molecule has 0 radical (unpaired) electrons. The van der Waals surface area contributed by atoms with Crippen LogP contribution < -0.4 is 0 Å². The van der Waals surface area contributed by atoms with E-state index in [1.807, 2.05) is 6.92 Å². The summed E-state index contributed by atoms with van der Waals surface area (Å²) in [5, 5.41) is 58.2. The van der Waals surface area contributed by atoms with E-state index in [-0.39, 0.29) is 37.9 Å². The lowest BCUT2D eigenvalue weighted by molar-refractivity contribution is 0.259. The van der Waals surface area contributed by atoms with Crippen LogP contribution in [-0.2, 0) is 38.3 Å². The van der Waals surface area contributed by atoms with E-state index < -0.39 is 5.41 Å². The third-order valence-electron chi connectivity index (χ3n) is 5.30. The van der Waals surface area contributed by atoms with E-state index in [0.29, 0.717) is 28.7 Å². The molecule has 134 valence electrons. The summed E-state index contributed by atoms with van der Waals surface area (Å²) in [6.45, 7) is 0.603. The second-order valence-electron chi connectivity index (χ2n) is 6.67. The summed E-state index contributed by atoms with van der Waals surface area (Å²) in [7, 11) is 0. The highest BCUT2D eigenvalue weighted by molar-refractivity contribution is 5.62. The summed E-state index contributed by atoms with van der Waals surface area (Å²) in [5.41, 5.74) is 3.47. The summed E-state index contributed by atoms with van der Waals surface area (Å²) < 4.78 is 0. The van der Waals surface area contributed by atoms with Gasteiger partial charge in [-0.3, -0.25) is 0 Å². The molecular weight excluding hydrogens is 324 g/mol.